The molecule has 0 saturated carbocycles. The van der Waals surface area contributed by atoms with Gasteiger partial charge in [-0.25, -0.2) is 0 Å². The molecule has 0 radical (unpaired) electrons. The summed E-state index contributed by atoms with van der Waals surface area (Å²) >= 11 is 5.75. The van der Waals surface area contributed by atoms with Crippen LogP contribution in [-0.4, -0.2) is 23.5 Å². The Morgan fingerprint density at radius 3 is 2.00 bits per heavy atom. The lowest BCUT2D eigenvalue weighted by Gasteiger charge is -2.50. The standard InChI is InChI=1S/C23H22ClN3/c1-18(24)13-14-19(2)26-23(15-25)16-27(17-23)22(20-9-5-3-6-10-20)21-11-7-4-8-12-21/h3-14,22,26H,1-2,16-17H2/b14-13-. The monoisotopic (exact) mass is 375 g/mol. The maximum absolute atomic E-state index is 9.76. The molecule has 2 aromatic rings. The molecule has 0 atom stereocenters. The number of likely N-dealkylation sites (tertiary alicyclic amines) is 1. The Morgan fingerprint density at radius 1 is 1.04 bits per heavy atom. The molecule has 3 rings (SSSR count). The van der Waals surface area contributed by atoms with Crippen molar-refractivity contribution < 1.29 is 0 Å². The number of nitrogens with zero attached hydrogens (tertiary/aromatic N) is 2. The number of hydrogen-bond donors (Lipinski definition) is 1. The van der Waals surface area contributed by atoms with Crippen LogP contribution in [0.1, 0.15) is 17.2 Å². The first-order valence-electron chi connectivity index (χ1n) is 8.78. The van der Waals surface area contributed by atoms with E-state index in [1.54, 1.807) is 12.2 Å². The fourth-order valence-corrected chi connectivity index (χ4v) is 3.50. The first-order chi connectivity index (χ1) is 13.0. The van der Waals surface area contributed by atoms with Crippen molar-refractivity contribution in [3.05, 3.63) is 108 Å². The minimum Gasteiger partial charge on any atom is -0.366 e. The summed E-state index contributed by atoms with van der Waals surface area (Å²) in [5, 5.41) is 13.4. The fourth-order valence-electron chi connectivity index (χ4n) is 3.43. The third kappa shape index (κ3) is 4.49. The van der Waals surface area contributed by atoms with Crippen molar-refractivity contribution in [2.45, 2.75) is 11.6 Å². The first kappa shape index (κ1) is 19.0. The van der Waals surface area contributed by atoms with E-state index in [1.165, 1.54) is 11.1 Å². The van der Waals surface area contributed by atoms with Gasteiger partial charge in [0.2, 0.25) is 0 Å². The van der Waals surface area contributed by atoms with Crippen molar-refractivity contribution in [2.75, 3.05) is 13.1 Å². The van der Waals surface area contributed by atoms with Crippen LogP contribution >= 0.6 is 11.6 Å². The summed E-state index contributed by atoms with van der Waals surface area (Å²) in [6, 6.07) is 23.3. The van der Waals surface area contributed by atoms with Gasteiger partial charge in [-0.2, -0.15) is 5.26 Å². The van der Waals surface area contributed by atoms with Gasteiger partial charge in [-0.15, -0.1) is 0 Å². The second kappa shape index (κ2) is 8.26. The Kier molecular flexibility index (Phi) is 5.81. The van der Waals surface area contributed by atoms with Gasteiger partial charge in [0.25, 0.3) is 0 Å². The zero-order valence-corrected chi connectivity index (χ0v) is 15.9. The molecule has 0 aliphatic carbocycles. The average Bonchev–Trinajstić information content (AvgIpc) is 2.66. The van der Waals surface area contributed by atoms with Crippen LogP contribution in [0.5, 0.6) is 0 Å². The summed E-state index contributed by atoms with van der Waals surface area (Å²) < 4.78 is 0. The van der Waals surface area contributed by atoms with Crippen LogP contribution in [0.3, 0.4) is 0 Å². The van der Waals surface area contributed by atoms with Crippen molar-refractivity contribution in [3.63, 3.8) is 0 Å². The maximum Gasteiger partial charge on any atom is 0.151 e. The summed E-state index contributed by atoms with van der Waals surface area (Å²) in [4.78, 5) is 2.30. The Hall–Kier alpha value is -2.80. The highest BCUT2D eigenvalue weighted by atomic mass is 35.5. The molecule has 27 heavy (non-hydrogen) atoms. The highest BCUT2D eigenvalue weighted by Crippen LogP contribution is 2.36. The first-order valence-corrected chi connectivity index (χ1v) is 9.15. The van der Waals surface area contributed by atoms with Gasteiger partial charge < -0.3 is 5.32 Å². The lowest BCUT2D eigenvalue weighted by molar-refractivity contribution is 0.0588. The molecule has 0 bridgehead atoms. The van der Waals surface area contributed by atoms with Crippen molar-refractivity contribution in [2.24, 2.45) is 0 Å². The number of hydrogen-bond acceptors (Lipinski definition) is 3. The van der Waals surface area contributed by atoms with E-state index in [4.69, 9.17) is 11.6 Å². The topological polar surface area (TPSA) is 39.1 Å². The lowest BCUT2D eigenvalue weighted by atomic mass is 9.85. The van der Waals surface area contributed by atoms with Crippen LogP contribution in [-0.2, 0) is 0 Å². The van der Waals surface area contributed by atoms with Crippen LogP contribution in [0.4, 0.5) is 0 Å². The second-order valence-corrected chi connectivity index (χ2v) is 7.24. The van der Waals surface area contributed by atoms with Gasteiger partial charge in [-0.1, -0.05) is 85.4 Å². The van der Waals surface area contributed by atoms with Crippen molar-refractivity contribution >= 4 is 11.6 Å². The van der Waals surface area contributed by atoms with Crippen molar-refractivity contribution in [1.29, 1.82) is 5.26 Å². The van der Waals surface area contributed by atoms with E-state index in [2.05, 4.69) is 53.7 Å². The molecule has 136 valence electrons. The number of nitrogens with one attached hydrogen (secondary N) is 1. The van der Waals surface area contributed by atoms with Gasteiger partial charge in [-0.05, 0) is 23.3 Å². The lowest BCUT2D eigenvalue weighted by Crippen LogP contribution is -2.68. The summed E-state index contributed by atoms with van der Waals surface area (Å²) in [5.74, 6) is 0. The van der Waals surface area contributed by atoms with E-state index < -0.39 is 5.54 Å². The highest BCUT2D eigenvalue weighted by molar-refractivity contribution is 6.30. The van der Waals surface area contributed by atoms with Crippen molar-refractivity contribution in [3.8, 4) is 6.07 Å². The smallest absolute Gasteiger partial charge is 0.151 e. The zero-order valence-electron chi connectivity index (χ0n) is 15.1. The summed E-state index contributed by atoms with van der Waals surface area (Å²) in [5.41, 5.74) is 2.42. The van der Waals surface area contributed by atoms with E-state index in [-0.39, 0.29) is 6.04 Å². The van der Waals surface area contributed by atoms with E-state index in [9.17, 15) is 5.26 Å². The fraction of sp³-hybridized carbons (Fsp3) is 0.174. The molecule has 1 aliphatic rings. The van der Waals surface area contributed by atoms with Crippen LogP contribution < -0.4 is 5.32 Å². The summed E-state index contributed by atoms with van der Waals surface area (Å²) in [7, 11) is 0. The van der Waals surface area contributed by atoms with Crippen molar-refractivity contribution in [1.82, 2.24) is 10.2 Å². The molecule has 1 heterocycles. The van der Waals surface area contributed by atoms with Gasteiger partial charge in [0.05, 0.1) is 12.1 Å². The largest absolute Gasteiger partial charge is 0.366 e. The van der Waals surface area contributed by atoms with Crippen LogP contribution in [0.2, 0.25) is 0 Å². The molecule has 2 aromatic carbocycles. The number of benzene rings is 2. The zero-order chi connectivity index (χ0) is 19.3. The normalized spacial score (nSPS) is 15.9. The third-order valence-corrected chi connectivity index (χ3v) is 4.75. The molecular weight excluding hydrogens is 354 g/mol. The molecular formula is C23H22ClN3. The molecule has 4 heteroatoms. The third-order valence-electron chi connectivity index (χ3n) is 4.62. The predicted molar refractivity (Wildman–Crippen MR) is 111 cm³/mol. The Morgan fingerprint density at radius 2 is 1.56 bits per heavy atom. The average molecular weight is 376 g/mol. The molecule has 0 amide bonds. The second-order valence-electron chi connectivity index (χ2n) is 6.75. The molecule has 0 aromatic heterocycles. The van der Waals surface area contributed by atoms with Gasteiger partial charge in [-0.3, -0.25) is 4.90 Å². The predicted octanol–water partition coefficient (Wildman–Crippen LogP) is 4.77. The minimum atomic E-state index is -0.656. The molecule has 1 N–H and O–H groups in total. The van der Waals surface area contributed by atoms with E-state index in [0.717, 1.165) is 0 Å². The number of halogens is 1. The molecule has 1 saturated heterocycles. The molecule has 1 fully saturated rings. The minimum absolute atomic E-state index is 0.113. The van der Waals surface area contributed by atoms with Gasteiger partial charge in [0, 0.05) is 23.8 Å². The van der Waals surface area contributed by atoms with E-state index >= 15 is 0 Å². The highest BCUT2D eigenvalue weighted by Gasteiger charge is 2.46. The number of nitriles is 1. The Balaban J connectivity index is 1.78. The number of allylic oxidation sites excluding steroid dienone is 3. The molecule has 0 unspecified atom stereocenters. The quantitative estimate of drug-likeness (QED) is 0.709. The van der Waals surface area contributed by atoms with Gasteiger partial charge in [0.15, 0.2) is 5.54 Å². The van der Waals surface area contributed by atoms with Crippen LogP contribution in [0.25, 0.3) is 0 Å². The summed E-state index contributed by atoms with van der Waals surface area (Å²) in [6.45, 7) is 8.78. The summed E-state index contributed by atoms with van der Waals surface area (Å²) in [6.07, 6.45) is 3.40. The number of rotatable bonds is 7. The Bertz CT molecular complexity index is 835. The maximum atomic E-state index is 9.76. The van der Waals surface area contributed by atoms with Gasteiger partial charge >= 0.3 is 0 Å². The molecule has 0 spiro atoms. The van der Waals surface area contributed by atoms with Gasteiger partial charge in [0.1, 0.15) is 0 Å². The van der Waals surface area contributed by atoms with Crippen LogP contribution in [0.15, 0.2) is 96.7 Å². The molecule has 3 nitrogen and oxygen atoms in total. The SMILES string of the molecule is C=C(Cl)/C=C\C(=C)NC1(C#N)CN(C(c2ccccc2)c2ccccc2)C1. The van der Waals surface area contributed by atoms with E-state index in [0.29, 0.717) is 23.8 Å². The van der Waals surface area contributed by atoms with Crippen LogP contribution in [0, 0.1) is 11.3 Å². The Labute approximate surface area is 165 Å². The van der Waals surface area contributed by atoms with E-state index in [1.807, 2.05) is 36.4 Å². The molecule has 1 aliphatic heterocycles.